The summed E-state index contributed by atoms with van der Waals surface area (Å²) >= 11 is 0. The summed E-state index contributed by atoms with van der Waals surface area (Å²) in [5, 5.41) is 0.721. The molecule has 1 aromatic heterocycles. The summed E-state index contributed by atoms with van der Waals surface area (Å²) in [4.78, 5) is 29.5. The van der Waals surface area contributed by atoms with Crippen LogP contribution in [0, 0.1) is 0 Å². The number of ether oxygens (including phenoxy) is 1. The smallest absolute Gasteiger partial charge is 0.339 e. The lowest BCUT2D eigenvalue weighted by Gasteiger charge is -2.18. The minimum Gasteiger partial charge on any atom is -0.445 e. The number of benzene rings is 3. The third-order valence-electron chi connectivity index (χ3n) is 5.27. The molecule has 0 saturated heterocycles. The first kappa shape index (κ1) is 22.4. The number of nitrogens with zero attached hydrogens (tertiary/aromatic N) is 1. The number of fused-ring (bicyclic) bond motifs is 1. The number of para-hydroxylation sites is 1. The molecule has 0 amide bonds. The van der Waals surface area contributed by atoms with E-state index >= 15 is 0 Å². The fourth-order valence-corrected chi connectivity index (χ4v) is 4.43. The molecule has 0 radical (unpaired) electrons. The Hall–Kier alpha value is -3.75. The van der Waals surface area contributed by atoms with E-state index in [9.17, 15) is 18.0 Å². The predicted octanol–water partition coefficient (Wildman–Crippen LogP) is 4.20. The highest BCUT2D eigenvalue weighted by Gasteiger charge is 2.29. The first-order chi connectivity index (χ1) is 15.8. The van der Waals surface area contributed by atoms with Crippen molar-refractivity contribution in [1.29, 1.82) is 0 Å². The Morgan fingerprint density at radius 1 is 0.909 bits per heavy atom. The number of rotatable bonds is 7. The van der Waals surface area contributed by atoms with E-state index in [1.54, 1.807) is 36.5 Å². The van der Waals surface area contributed by atoms with Crippen LogP contribution in [0.25, 0.3) is 10.9 Å². The second kappa shape index (κ2) is 9.01. The van der Waals surface area contributed by atoms with Gasteiger partial charge in [0, 0.05) is 42.3 Å². The van der Waals surface area contributed by atoms with Gasteiger partial charge in [-0.3, -0.25) is 4.79 Å². The number of aromatic amines is 1. The van der Waals surface area contributed by atoms with Gasteiger partial charge >= 0.3 is 5.97 Å². The normalized spacial score (nSPS) is 12.6. The monoisotopic (exact) mass is 462 g/mol. The topological polar surface area (TPSA) is 96.5 Å². The molecule has 0 saturated carbocycles. The molecule has 0 spiro atoms. The number of hydrogen-bond acceptors (Lipinski definition) is 5. The fraction of sp³-hybridized carbons (Fsp3) is 0.120. The lowest BCUT2D eigenvalue weighted by molar-refractivity contribution is 0.0280. The fourth-order valence-electron chi connectivity index (χ4n) is 3.49. The molecule has 1 atom stereocenters. The lowest BCUT2D eigenvalue weighted by atomic mass is 9.99. The summed E-state index contributed by atoms with van der Waals surface area (Å²) in [5.41, 5.74) is 1.74. The molecule has 0 fully saturated rings. The van der Waals surface area contributed by atoms with Crippen LogP contribution >= 0.6 is 0 Å². The molecule has 1 N–H and O–H groups in total. The Morgan fingerprint density at radius 2 is 1.61 bits per heavy atom. The van der Waals surface area contributed by atoms with Gasteiger partial charge in [0.25, 0.3) is 0 Å². The second-order valence-corrected chi connectivity index (χ2v) is 9.78. The Balaban J connectivity index is 1.70. The van der Waals surface area contributed by atoms with E-state index in [-0.39, 0.29) is 16.2 Å². The minimum absolute atomic E-state index is 0.0329. The van der Waals surface area contributed by atoms with Crippen LogP contribution in [0.4, 0.5) is 0 Å². The molecule has 3 aromatic carbocycles. The van der Waals surface area contributed by atoms with Gasteiger partial charge in [-0.05, 0) is 24.3 Å². The number of sulfonamides is 1. The number of esters is 1. The van der Waals surface area contributed by atoms with Crippen molar-refractivity contribution in [3.05, 3.63) is 102 Å². The Kier molecular flexibility index (Phi) is 6.13. The Bertz CT molecular complexity index is 1430. The lowest BCUT2D eigenvalue weighted by Crippen LogP contribution is -2.23. The van der Waals surface area contributed by atoms with Crippen LogP contribution in [-0.4, -0.2) is 43.6 Å². The number of hydrogen-bond donors (Lipinski definition) is 1. The number of ketones is 1. The summed E-state index contributed by atoms with van der Waals surface area (Å²) in [6.07, 6.45) is 0.396. The molecule has 7 nitrogen and oxygen atoms in total. The number of Topliss-reactive ketones (excluding diaryl/α,β-unsaturated/α-hetero) is 1. The highest BCUT2D eigenvalue weighted by Crippen LogP contribution is 2.28. The predicted molar refractivity (Wildman–Crippen MR) is 125 cm³/mol. The highest BCUT2D eigenvalue weighted by molar-refractivity contribution is 7.89. The second-order valence-electron chi connectivity index (χ2n) is 7.62. The van der Waals surface area contributed by atoms with E-state index in [0.717, 1.165) is 15.2 Å². The van der Waals surface area contributed by atoms with E-state index in [0.29, 0.717) is 11.1 Å². The number of carbonyl (C=O) groups is 2. The molecule has 168 valence electrons. The van der Waals surface area contributed by atoms with Crippen LogP contribution in [-0.2, 0) is 14.8 Å². The van der Waals surface area contributed by atoms with Crippen LogP contribution in [0.3, 0.4) is 0 Å². The van der Waals surface area contributed by atoms with Gasteiger partial charge in [-0.25, -0.2) is 17.5 Å². The molecule has 33 heavy (non-hydrogen) atoms. The van der Waals surface area contributed by atoms with Crippen molar-refractivity contribution in [2.75, 3.05) is 14.1 Å². The van der Waals surface area contributed by atoms with Gasteiger partial charge in [-0.1, -0.05) is 54.6 Å². The summed E-state index contributed by atoms with van der Waals surface area (Å²) in [7, 11) is -0.918. The van der Waals surface area contributed by atoms with Crippen LogP contribution in [0.1, 0.15) is 32.4 Å². The third-order valence-corrected chi connectivity index (χ3v) is 7.08. The average molecular weight is 463 g/mol. The van der Waals surface area contributed by atoms with Crippen molar-refractivity contribution in [2.45, 2.75) is 11.0 Å². The van der Waals surface area contributed by atoms with Crippen LogP contribution in [0.15, 0.2) is 90.0 Å². The zero-order chi connectivity index (χ0) is 23.6. The molecule has 0 aliphatic rings. The average Bonchev–Trinajstić information content (AvgIpc) is 3.26. The molecule has 8 heteroatoms. The number of carbonyl (C=O) groups excluding carboxylic acids is 2. The standard InChI is InChI=1S/C25H22N2O5S/c1-27(2)33(30,31)19-12-8-11-18(15-19)25(29)32-24(17-9-4-3-5-10-17)23(28)21-16-26-22-14-7-6-13-20(21)22/h3-16,24,26H,1-2H3. The highest BCUT2D eigenvalue weighted by atomic mass is 32.2. The van der Waals surface area contributed by atoms with Crippen molar-refractivity contribution in [1.82, 2.24) is 9.29 Å². The summed E-state index contributed by atoms with van der Waals surface area (Å²) in [6.45, 7) is 0. The molecular weight excluding hydrogens is 440 g/mol. The Morgan fingerprint density at radius 3 is 2.33 bits per heavy atom. The molecule has 0 bridgehead atoms. The van der Waals surface area contributed by atoms with Gasteiger partial charge in [0.05, 0.1) is 10.5 Å². The van der Waals surface area contributed by atoms with Crippen molar-refractivity contribution in [3.8, 4) is 0 Å². The molecule has 0 aliphatic carbocycles. The zero-order valence-corrected chi connectivity index (χ0v) is 18.9. The van der Waals surface area contributed by atoms with Gasteiger partial charge < -0.3 is 9.72 Å². The van der Waals surface area contributed by atoms with Crippen LogP contribution < -0.4 is 0 Å². The minimum atomic E-state index is -3.74. The summed E-state index contributed by atoms with van der Waals surface area (Å²) in [5.74, 6) is -1.18. The maximum Gasteiger partial charge on any atom is 0.339 e. The van der Waals surface area contributed by atoms with E-state index in [2.05, 4.69) is 4.98 Å². The number of aromatic nitrogens is 1. The van der Waals surface area contributed by atoms with Gasteiger partial charge in [0.1, 0.15) is 0 Å². The molecule has 4 aromatic rings. The number of H-pyrrole nitrogens is 1. The van der Waals surface area contributed by atoms with Crippen molar-refractivity contribution in [2.24, 2.45) is 0 Å². The zero-order valence-electron chi connectivity index (χ0n) is 18.1. The van der Waals surface area contributed by atoms with E-state index in [1.165, 1.54) is 38.4 Å². The SMILES string of the molecule is CN(C)S(=O)(=O)c1cccc(C(=O)OC(C(=O)c2c[nH]c3ccccc23)c2ccccc2)c1. The van der Waals surface area contributed by atoms with Gasteiger partial charge in [-0.2, -0.15) is 0 Å². The summed E-state index contributed by atoms with van der Waals surface area (Å²) < 4.78 is 31.6. The molecular formula is C25H22N2O5S. The molecule has 1 unspecified atom stereocenters. The number of nitrogens with one attached hydrogen (secondary N) is 1. The molecule has 4 rings (SSSR count). The van der Waals surface area contributed by atoms with Gasteiger partial charge in [0.15, 0.2) is 6.10 Å². The third kappa shape index (κ3) is 4.44. The van der Waals surface area contributed by atoms with Crippen molar-refractivity contribution in [3.63, 3.8) is 0 Å². The van der Waals surface area contributed by atoms with E-state index in [4.69, 9.17) is 4.74 Å². The maximum absolute atomic E-state index is 13.5. The largest absolute Gasteiger partial charge is 0.445 e. The van der Waals surface area contributed by atoms with Crippen LogP contribution in [0.2, 0.25) is 0 Å². The first-order valence-corrected chi connectivity index (χ1v) is 11.6. The van der Waals surface area contributed by atoms with Gasteiger partial charge in [0.2, 0.25) is 15.8 Å². The van der Waals surface area contributed by atoms with E-state index in [1.807, 2.05) is 24.3 Å². The summed E-state index contributed by atoms with van der Waals surface area (Å²) in [6, 6.07) is 21.6. The first-order valence-electron chi connectivity index (χ1n) is 10.2. The maximum atomic E-state index is 13.5. The molecule has 1 heterocycles. The molecule has 0 aliphatic heterocycles. The van der Waals surface area contributed by atoms with E-state index < -0.39 is 22.1 Å². The van der Waals surface area contributed by atoms with Crippen LogP contribution in [0.5, 0.6) is 0 Å². The van der Waals surface area contributed by atoms with Crippen molar-refractivity contribution < 1.29 is 22.7 Å². The van der Waals surface area contributed by atoms with Crippen molar-refractivity contribution >= 4 is 32.7 Å². The Labute approximate surface area is 191 Å². The van der Waals surface area contributed by atoms with Gasteiger partial charge in [-0.15, -0.1) is 0 Å². The quantitative estimate of drug-likeness (QED) is 0.328.